The van der Waals surface area contributed by atoms with Gasteiger partial charge in [-0.25, -0.2) is 4.68 Å². The van der Waals surface area contributed by atoms with Crippen LogP contribution < -0.4 is 5.73 Å². The number of nitrogen functional groups attached to an aromatic ring is 1. The highest BCUT2D eigenvalue weighted by Gasteiger charge is 1.87. The van der Waals surface area contributed by atoms with Crippen molar-refractivity contribution in [2.45, 2.75) is 0 Å². The number of nitrogens with two attached hydrogens (primary N) is 1. The van der Waals surface area contributed by atoms with Crippen LogP contribution in [0.3, 0.4) is 0 Å². The molecule has 0 amide bonds. The Morgan fingerprint density at radius 1 is 1.82 bits per heavy atom. The van der Waals surface area contributed by atoms with E-state index < -0.39 is 0 Å². The highest BCUT2D eigenvalue weighted by atomic mass is 35.5. The molecule has 0 saturated carbocycles. The van der Waals surface area contributed by atoms with Gasteiger partial charge in [-0.2, -0.15) is 5.10 Å². The van der Waals surface area contributed by atoms with E-state index in [0.29, 0.717) is 0 Å². The molecule has 0 fully saturated rings. The van der Waals surface area contributed by atoms with Gasteiger partial charge in [0, 0.05) is 12.4 Å². The van der Waals surface area contributed by atoms with Crippen LogP contribution in [-0.4, -0.2) is 22.8 Å². The molecule has 0 aromatic carbocycles. The van der Waals surface area contributed by atoms with Gasteiger partial charge in [-0.15, -0.1) is 0 Å². The quantitative estimate of drug-likeness (QED) is 0.444. The van der Waals surface area contributed by atoms with Gasteiger partial charge < -0.3 is 5.73 Å². The van der Waals surface area contributed by atoms with Gasteiger partial charge in [0.05, 0.1) is 19.0 Å². The third kappa shape index (κ3) is 4.35. The lowest BCUT2D eigenvalue weighted by atomic mass is 10.7. The zero-order valence-electron chi connectivity index (χ0n) is 5.99. The number of hydrogen-bond acceptors (Lipinski definition) is 3. The normalized spacial score (nSPS) is 8.18. The van der Waals surface area contributed by atoms with Crippen molar-refractivity contribution in [3.05, 3.63) is 18.5 Å². The van der Waals surface area contributed by atoms with Gasteiger partial charge in [0.15, 0.2) is 0 Å². The molecule has 6 heteroatoms. The molecule has 0 aliphatic heterocycles. The van der Waals surface area contributed by atoms with Crippen LogP contribution in [0.25, 0.3) is 0 Å². The lowest BCUT2D eigenvalue weighted by Crippen LogP contribution is -2.20. The minimum atomic E-state index is -0.0602. The van der Waals surface area contributed by atoms with E-state index in [9.17, 15) is 0 Å². The summed E-state index contributed by atoms with van der Waals surface area (Å²) in [4.78, 5) is 0. The predicted octanol–water partition coefficient (Wildman–Crippen LogP) is 0.411. The van der Waals surface area contributed by atoms with Gasteiger partial charge in [-0.05, 0) is 6.07 Å². The molecular formula is C5H9ClN4O. The number of rotatable bonds is 0. The van der Waals surface area contributed by atoms with E-state index in [4.69, 9.17) is 11.1 Å². The Morgan fingerprint density at radius 3 is 2.55 bits per heavy atom. The second-order valence-electron chi connectivity index (χ2n) is 1.49. The Hall–Kier alpha value is -1.07. The summed E-state index contributed by atoms with van der Waals surface area (Å²) in [5, 5.41) is 10.5. The minimum Gasteiger partial charge on any atom is -0.368 e. The molecule has 1 heterocycles. The van der Waals surface area contributed by atoms with Crippen LogP contribution >= 0.6 is 11.9 Å². The molecule has 0 saturated heterocycles. The third-order valence-electron chi connectivity index (χ3n) is 0.751. The van der Waals surface area contributed by atoms with Crippen molar-refractivity contribution in [3.63, 3.8) is 0 Å². The predicted molar refractivity (Wildman–Crippen MR) is 42.4 cm³/mol. The molecule has 62 valence electrons. The van der Waals surface area contributed by atoms with Crippen LogP contribution in [0.4, 0.5) is 0 Å². The minimum absolute atomic E-state index is 0.0602. The maximum Gasteiger partial charge on any atom is 0.213 e. The summed E-state index contributed by atoms with van der Waals surface area (Å²) < 4.78 is 5.00. The summed E-state index contributed by atoms with van der Waals surface area (Å²) in [6, 6.07) is 1.71. The summed E-state index contributed by atoms with van der Waals surface area (Å²) in [6.45, 7) is 0. The number of hydrogen-bond donors (Lipinski definition) is 2. The zero-order chi connectivity index (χ0) is 8.69. The second kappa shape index (κ2) is 5.70. The fourth-order valence-electron chi connectivity index (χ4n) is 0.411. The molecule has 0 bridgehead atoms. The third-order valence-corrected chi connectivity index (χ3v) is 0.751. The highest BCUT2D eigenvalue weighted by Crippen LogP contribution is 1.77. The molecule has 0 spiro atoms. The largest absolute Gasteiger partial charge is 0.368 e. The average Bonchev–Trinajstić information content (AvgIpc) is 2.38. The summed E-state index contributed by atoms with van der Waals surface area (Å²) in [7, 11) is 1.39. The first-order chi connectivity index (χ1) is 5.22. The van der Waals surface area contributed by atoms with Gasteiger partial charge in [0.2, 0.25) is 5.96 Å². The van der Waals surface area contributed by atoms with Crippen LogP contribution in [-0.2, 0) is 4.29 Å². The molecule has 0 atom stereocenters. The fraction of sp³-hybridized carbons (Fsp3) is 0.200. The summed E-state index contributed by atoms with van der Waals surface area (Å²) in [5.74, 6) is -0.0602. The van der Waals surface area contributed by atoms with Crippen LogP contribution in [0.1, 0.15) is 0 Å². The average molecular weight is 177 g/mol. The van der Waals surface area contributed by atoms with Crippen molar-refractivity contribution < 1.29 is 4.29 Å². The van der Waals surface area contributed by atoms with Crippen molar-refractivity contribution in [3.8, 4) is 0 Å². The van der Waals surface area contributed by atoms with Crippen molar-refractivity contribution in [2.24, 2.45) is 5.73 Å². The first-order valence-electron chi connectivity index (χ1n) is 2.71. The van der Waals surface area contributed by atoms with Gasteiger partial charge in [-0.1, -0.05) is 0 Å². The number of halogens is 1. The van der Waals surface area contributed by atoms with Crippen molar-refractivity contribution in [2.75, 3.05) is 7.11 Å². The SMILES string of the molecule is COCl.N=C(N)n1cccn1. The molecule has 5 nitrogen and oxygen atoms in total. The number of aromatic nitrogens is 2. The van der Waals surface area contributed by atoms with Gasteiger partial charge in [0.25, 0.3) is 0 Å². The first kappa shape index (κ1) is 9.93. The maximum atomic E-state index is 6.83. The summed E-state index contributed by atoms with van der Waals surface area (Å²) in [5.41, 5.74) is 5.04. The summed E-state index contributed by atoms with van der Waals surface area (Å²) >= 11 is 4.50. The highest BCUT2D eigenvalue weighted by molar-refractivity contribution is 6.07. The molecule has 1 aromatic rings. The van der Waals surface area contributed by atoms with Crippen molar-refractivity contribution >= 4 is 17.8 Å². The fourth-order valence-corrected chi connectivity index (χ4v) is 0.411. The standard InChI is InChI=1S/C4H6N4.CH3ClO/c5-4(6)8-3-1-2-7-8;1-3-2/h1-3H,(H3,5,6);1H3. The smallest absolute Gasteiger partial charge is 0.213 e. The lowest BCUT2D eigenvalue weighted by molar-refractivity contribution is 0.463. The lowest BCUT2D eigenvalue weighted by Gasteiger charge is -1.91. The monoisotopic (exact) mass is 176 g/mol. The molecule has 0 radical (unpaired) electrons. The van der Waals surface area contributed by atoms with Crippen LogP contribution in [0.2, 0.25) is 0 Å². The zero-order valence-corrected chi connectivity index (χ0v) is 6.75. The topological polar surface area (TPSA) is 76.9 Å². The molecule has 3 N–H and O–H groups in total. The van der Waals surface area contributed by atoms with Crippen LogP contribution in [0.5, 0.6) is 0 Å². The van der Waals surface area contributed by atoms with E-state index in [2.05, 4.69) is 21.3 Å². The van der Waals surface area contributed by atoms with Crippen molar-refractivity contribution in [1.29, 1.82) is 5.41 Å². The van der Waals surface area contributed by atoms with Crippen LogP contribution in [0.15, 0.2) is 18.5 Å². The van der Waals surface area contributed by atoms with E-state index >= 15 is 0 Å². The molecule has 1 aromatic heterocycles. The molecule has 1 rings (SSSR count). The van der Waals surface area contributed by atoms with E-state index in [1.807, 2.05) is 0 Å². The van der Waals surface area contributed by atoms with E-state index in [1.165, 1.54) is 11.8 Å². The van der Waals surface area contributed by atoms with Gasteiger partial charge in [-0.3, -0.25) is 9.70 Å². The number of nitrogens with zero attached hydrogens (tertiary/aromatic N) is 2. The van der Waals surface area contributed by atoms with E-state index in [-0.39, 0.29) is 5.96 Å². The Morgan fingerprint density at radius 2 is 2.36 bits per heavy atom. The molecule has 0 aliphatic carbocycles. The van der Waals surface area contributed by atoms with E-state index in [1.54, 1.807) is 18.5 Å². The molecular weight excluding hydrogens is 168 g/mol. The Labute approximate surface area is 69.4 Å². The Kier molecular flexibility index (Phi) is 5.14. The molecule has 0 unspecified atom stereocenters. The maximum absolute atomic E-state index is 6.83. The number of nitrogens with one attached hydrogen (secondary N) is 1. The Balaban J connectivity index is 0.000000292. The van der Waals surface area contributed by atoms with Crippen LogP contribution in [0, 0.1) is 5.41 Å². The first-order valence-corrected chi connectivity index (χ1v) is 3.02. The Bertz CT molecular complexity index is 198. The van der Waals surface area contributed by atoms with Gasteiger partial charge in [0.1, 0.15) is 0 Å². The van der Waals surface area contributed by atoms with Gasteiger partial charge >= 0.3 is 0 Å². The molecule has 0 aliphatic rings. The molecule has 11 heavy (non-hydrogen) atoms. The van der Waals surface area contributed by atoms with Crippen molar-refractivity contribution in [1.82, 2.24) is 9.78 Å². The summed E-state index contributed by atoms with van der Waals surface area (Å²) in [6.07, 6.45) is 3.18. The van der Waals surface area contributed by atoms with E-state index in [0.717, 1.165) is 0 Å². The second-order valence-corrected chi connectivity index (χ2v) is 1.80.